The van der Waals surface area contributed by atoms with Gasteiger partial charge in [-0.05, 0) is 30.3 Å². The van der Waals surface area contributed by atoms with Gasteiger partial charge in [0.05, 0.1) is 29.5 Å². The average molecular weight is 274 g/mol. The highest BCUT2D eigenvalue weighted by atomic mass is 28.4. The van der Waals surface area contributed by atoms with Gasteiger partial charge in [0.2, 0.25) is 0 Å². The molecule has 0 aliphatic heterocycles. The van der Waals surface area contributed by atoms with Crippen molar-refractivity contribution in [3.05, 3.63) is 36.2 Å². The van der Waals surface area contributed by atoms with Crippen LogP contribution in [0.15, 0.2) is 30.5 Å². The third kappa shape index (κ3) is 3.19. The number of hydrogen-bond acceptors (Lipinski definition) is 3. The molecule has 0 unspecified atom stereocenters. The van der Waals surface area contributed by atoms with Gasteiger partial charge >= 0.3 is 0 Å². The molecule has 0 radical (unpaired) electrons. The van der Waals surface area contributed by atoms with E-state index in [0.29, 0.717) is 6.61 Å². The van der Waals surface area contributed by atoms with Crippen LogP contribution in [0.25, 0.3) is 11.0 Å². The minimum absolute atomic E-state index is 0.220. The molecule has 0 N–H and O–H groups in total. The van der Waals surface area contributed by atoms with E-state index in [1.54, 1.807) is 0 Å². The Morgan fingerprint density at radius 3 is 2.37 bits per heavy atom. The van der Waals surface area contributed by atoms with Crippen LogP contribution in [0.5, 0.6) is 0 Å². The molecular weight excluding hydrogens is 252 g/mol. The summed E-state index contributed by atoms with van der Waals surface area (Å²) < 4.78 is 6.17. The largest absolute Gasteiger partial charge is 0.411 e. The third-order valence-corrected chi connectivity index (χ3v) is 8.36. The zero-order valence-electron chi connectivity index (χ0n) is 12.4. The highest BCUT2D eigenvalue weighted by molar-refractivity contribution is 6.74. The standard InChI is InChI=1S/C15H22N2OSi/c1-15(2,3)19(4,5)18-11-12-10-16-13-8-6-7-9-14(13)17-12/h6-10H,11H2,1-5H3. The Balaban J connectivity index is 2.14. The molecule has 0 saturated carbocycles. The Morgan fingerprint density at radius 1 is 1.11 bits per heavy atom. The smallest absolute Gasteiger partial charge is 0.192 e. The van der Waals surface area contributed by atoms with E-state index in [1.807, 2.05) is 30.5 Å². The fourth-order valence-electron chi connectivity index (χ4n) is 1.54. The molecule has 3 nitrogen and oxygen atoms in total. The van der Waals surface area contributed by atoms with Gasteiger partial charge < -0.3 is 4.43 Å². The fourth-order valence-corrected chi connectivity index (χ4v) is 2.48. The van der Waals surface area contributed by atoms with Gasteiger partial charge in [-0.1, -0.05) is 32.9 Å². The van der Waals surface area contributed by atoms with E-state index >= 15 is 0 Å². The first-order chi connectivity index (χ1) is 8.79. The lowest BCUT2D eigenvalue weighted by Crippen LogP contribution is -2.40. The Kier molecular flexibility index (Phi) is 3.74. The van der Waals surface area contributed by atoms with E-state index in [-0.39, 0.29) is 5.04 Å². The van der Waals surface area contributed by atoms with Crippen molar-refractivity contribution in [1.29, 1.82) is 0 Å². The molecule has 4 heteroatoms. The topological polar surface area (TPSA) is 35.0 Å². The van der Waals surface area contributed by atoms with Crippen molar-refractivity contribution < 1.29 is 4.43 Å². The van der Waals surface area contributed by atoms with Crippen molar-refractivity contribution in [3.63, 3.8) is 0 Å². The first-order valence-electron chi connectivity index (χ1n) is 6.64. The number of hydrogen-bond donors (Lipinski definition) is 0. The van der Waals surface area contributed by atoms with Gasteiger partial charge in [0, 0.05) is 0 Å². The Bertz CT molecular complexity index is 576. The fraction of sp³-hybridized carbons (Fsp3) is 0.467. The maximum atomic E-state index is 6.17. The summed E-state index contributed by atoms with van der Waals surface area (Å²) in [5, 5.41) is 0.220. The molecule has 2 aromatic rings. The van der Waals surface area contributed by atoms with E-state index in [9.17, 15) is 0 Å². The molecule has 0 aliphatic rings. The molecule has 0 saturated heterocycles. The molecule has 0 aliphatic carbocycles. The molecule has 0 atom stereocenters. The van der Waals surface area contributed by atoms with Gasteiger partial charge in [0.1, 0.15) is 0 Å². The van der Waals surface area contributed by atoms with Crippen LogP contribution in [-0.4, -0.2) is 18.3 Å². The molecule has 0 bridgehead atoms. The zero-order chi connectivity index (χ0) is 14.1. The molecule has 1 aromatic carbocycles. The maximum absolute atomic E-state index is 6.17. The maximum Gasteiger partial charge on any atom is 0.192 e. The quantitative estimate of drug-likeness (QED) is 0.789. The summed E-state index contributed by atoms with van der Waals surface area (Å²) in [5.74, 6) is 0. The molecule has 1 aromatic heterocycles. The van der Waals surface area contributed by atoms with E-state index < -0.39 is 8.32 Å². The van der Waals surface area contributed by atoms with E-state index in [2.05, 4.69) is 43.8 Å². The van der Waals surface area contributed by atoms with Crippen LogP contribution in [-0.2, 0) is 11.0 Å². The molecule has 2 rings (SSSR count). The Morgan fingerprint density at radius 2 is 1.74 bits per heavy atom. The summed E-state index contributed by atoms with van der Waals surface area (Å²) >= 11 is 0. The minimum atomic E-state index is -1.72. The van der Waals surface area contributed by atoms with Crippen molar-refractivity contribution in [3.8, 4) is 0 Å². The van der Waals surface area contributed by atoms with Crippen LogP contribution in [0.4, 0.5) is 0 Å². The molecule has 0 amide bonds. The highest BCUT2D eigenvalue weighted by Gasteiger charge is 2.37. The van der Waals surface area contributed by atoms with Crippen LogP contribution in [0.1, 0.15) is 26.5 Å². The van der Waals surface area contributed by atoms with Crippen molar-refractivity contribution >= 4 is 19.4 Å². The van der Waals surface area contributed by atoms with Crippen LogP contribution in [0.2, 0.25) is 18.1 Å². The van der Waals surface area contributed by atoms with E-state index in [0.717, 1.165) is 16.7 Å². The second-order valence-electron chi connectivity index (χ2n) is 6.40. The summed E-state index contributed by atoms with van der Waals surface area (Å²) in [6, 6.07) is 7.91. The van der Waals surface area contributed by atoms with Crippen molar-refractivity contribution in [1.82, 2.24) is 9.97 Å². The lowest BCUT2D eigenvalue weighted by molar-refractivity contribution is 0.272. The SMILES string of the molecule is CC(C)(C)[Si](C)(C)OCc1cnc2ccccc2n1. The monoisotopic (exact) mass is 274 g/mol. The van der Waals surface area contributed by atoms with Crippen LogP contribution >= 0.6 is 0 Å². The van der Waals surface area contributed by atoms with Crippen molar-refractivity contribution in [2.24, 2.45) is 0 Å². The second kappa shape index (κ2) is 5.02. The highest BCUT2D eigenvalue weighted by Crippen LogP contribution is 2.36. The zero-order valence-corrected chi connectivity index (χ0v) is 13.4. The summed E-state index contributed by atoms with van der Waals surface area (Å²) in [6.07, 6.45) is 1.81. The number of rotatable bonds is 3. The molecule has 1 heterocycles. The number of benzene rings is 1. The summed E-state index contributed by atoms with van der Waals surface area (Å²) in [7, 11) is -1.72. The van der Waals surface area contributed by atoms with Gasteiger partial charge in [0.25, 0.3) is 0 Å². The molecule has 0 fully saturated rings. The van der Waals surface area contributed by atoms with Crippen molar-refractivity contribution in [2.75, 3.05) is 0 Å². The summed E-state index contributed by atoms with van der Waals surface area (Å²) in [6.45, 7) is 11.8. The van der Waals surface area contributed by atoms with Gasteiger partial charge in [-0.3, -0.25) is 4.98 Å². The molecular formula is C15H22N2OSi. The van der Waals surface area contributed by atoms with Gasteiger partial charge in [-0.2, -0.15) is 0 Å². The number of aromatic nitrogens is 2. The van der Waals surface area contributed by atoms with Crippen molar-refractivity contribution in [2.45, 2.75) is 45.5 Å². The second-order valence-corrected chi connectivity index (χ2v) is 11.2. The van der Waals surface area contributed by atoms with E-state index in [1.165, 1.54) is 0 Å². The number of nitrogens with zero attached hydrogens (tertiary/aromatic N) is 2. The van der Waals surface area contributed by atoms with Crippen LogP contribution in [0, 0.1) is 0 Å². The summed E-state index contributed by atoms with van der Waals surface area (Å²) in [4.78, 5) is 9.01. The molecule has 102 valence electrons. The number of para-hydroxylation sites is 2. The Labute approximate surface area is 116 Å². The minimum Gasteiger partial charge on any atom is -0.411 e. The van der Waals surface area contributed by atoms with Crippen LogP contribution in [0.3, 0.4) is 0 Å². The van der Waals surface area contributed by atoms with E-state index in [4.69, 9.17) is 4.43 Å². The van der Waals surface area contributed by atoms with Gasteiger partial charge in [-0.15, -0.1) is 0 Å². The predicted molar refractivity (Wildman–Crippen MR) is 81.5 cm³/mol. The predicted octanol–water partition coefficient (Wildman–Crippen LogP) is 4.15. The molecule has 0 spiro atoms. The lowest BCUT2D eigenvalue weighted by Gasteiger charge is -2.36. The third-order valence-electron chi connectivity index (χ3n) is 3.89. The lowest BCUT2D eigenvalue weighted by atomic mass is 10.2. The Hall–Kier alpha value is -1.26. The summed E-state index contributed by atoms with van der Waals surface area (Å²) in [5.41, 5.74) is 2.76. The first-order valence-corrected chi connectivity index (χ1v) is 9.55. The molecule has 19 heavy (non-hydrogen) atoms. The van der Waals surface area contributed by atoms with Crippen LogP contribution < -0.4 is 0 Å². The van der Waals surface area contributed by atoms with Gasteiger partial charge in [0.15, 0.2) is 8.32 Å². The normalized spacial score (nSPS) is 12.9. The first kappa shape index (κ1) is 14.2. The average Bonchev–Trinajstić information content (AvgIpc) is 2.35. The van der Waals surface area contributed by atoms with Gasteiger partial charge in [-0.25, -0.2) is 4.98 Å². The number of fused-ring (bicyclic) bond motifs is 1.